The maximum atomic E-state index is 13.5. The fourth-order valence-corrected chi connectivity index (χ4v) is 5.94. The maximum Gasteiger partial charge on any atom is 0.243 e. The fraction of sp³-hybridized carbons (Fsp3) is 0.682. The monoisotopic (exact) mass is 436 g/mol. The normalized spacial score (nSPS) is 20.8. The number of sulfonamides is 1. The molecule has 0 aromatic heterocycles. The van der Waals surface area contributed by atoms with Crippen molar-refractivity contribution < 1.29 is 13.2 Å². The Kier molecular flexibility index (Phi) is 7.90. The average Bonchev–Trinajstić information content (AvgIpc) is 3.20. The quantitative estimate of drug-likeness (QED) is 0.670. The third kappa shape index (κ3) is 5.41. The topological polar surface area (TPSA) is 73.0 Å². The van der Waals surface area contributed by atoms with Crippen molar-refractivity contribution in [1.29, 1.82) is 0 Å². The zero-order valence-electron chi connectivity index (χ0n) is 18.6. The predicted octanol–water partition coefficient (Wildman–Crippen LogP) is 1.60. The summed E-state index contributed by atoms with van der Waals surface area (Å²) in [6.07, 6.45) is 2.32. The molecule has 8 heteroatoms. The molecule has 1 N–H and O–H groups in total. The summed E-state index contributed by atoms with van der Waals surface area (Å²) in [6.45, 7) is 11.6. The number of hydrogen-bond acceptors (Lipinski definition) is 5. The molecule has 7 nitrogen and oxygen atoms in total. The molecule has 1 atom stereocenters. The molecule has 0 unspecified atom stereocenters. The highest BCUT2D eigenvalue weighted by atomic mass is 32.2. The van der Waals surface area contributed by atoms with Gasteiger partial charge in [-0.05, 0) is 63.0 Å². The molecule has 0 bridgehead atoms. The smallest absolute Gasteiger partial charge is 0.243 e. The molecule has 0 aliphatic carbocycles. The Hall–Kier alpha value is -1.48. The van der Waals surface area contributed by atoms with Crippen LogP contribution in [0.4, 0.5) is 0 Å². The number of nitrogens with zero attached hydrogens (tertiary/aromatic N) is 3. The molecule has 1 amide bonds. The molecule has 2 saturated heterocycles. The Balaban J connectivity index is 1.78. The van der Waals surface area contributed by atoms with Crippen molar-refractivity contribution in [3.63, 3.8) is 0 Å². The van der Waals surface area contributed by atoms with E-state index in [1.165, 1.54) is 0 Å². The average molecular weight is 437 g/mol. The van der Waals surface area contributed by atoms with E-state index in [2.05, 4.69) is 17.1 Å². The Morgan fingerprint density at radius 1 is 1.17 bits per heavy atom. The highest BCUT2D eigenvalue weighted by Crippen LogP contribution is 2.24. The molecular weight excluding hydrogens is 400 g/mol. The molecular formula is C22H36N4O3S. The zero-order chi connectivity index (χ0) is 21.7. The van der Waals surface area contributed by atoms with Gasteiger partial charge in [0.05, 0.1) is 4.90 Å². The molecule has 2 aliphatic rings. The van der Waals surface area contributed by atoms with Gasteiger partial charge in [0.15, 0.2) is 0 Å². The Morgan fingerprint density at radius 2 is 1.90 bits per heavy atom. The van der Waals surface area contributed by atoms with Gasteiger partial charge < -0.3 is 10.2 Å². The molecule has 2 fully saturated rings. The highest BCUT2D eigenvalue weighted by molar-refractivity contribution is 7.89. The summed E-state index contributed by atoms with van der Waals surface area (Å²) in [5.41, 5.74) is 2.03. The number of amides is 1. The minimum absolute atomic E-state index is 0.0376. The number of nitrogens with one attached hydrogen (secondary N) is 1. The molecule has 0 radical (unpaired) electrons. The second-order valence-corrected chi connectivity index (χ2v) is 10.4. The summed E-state index contributed by atoms with van der Waals surface area (Å²) in [7, 11) is -3.66. The largest absolute Gasteiger partial charge is 0.340 e. The maximum absolute atomic E-state index is 13.5. The third-order valence-corrected chi connectivity index (χ3v) is 8.34. The lowest BCUT2D eigenvalue weighted by Crippen LogP contribution is -2.48. The molecule has 2 aliphatic heterocycles. The molecule has 30 heavy (non-hydrogen) atoms. The second kappa shape index (κ2) is 10.2. The van der Waals surface area contributed by atoms with E-state index in [4.69, 9.17) is 0 Å². The first-order valence-electron chi connectivity index (χ1n) is 11.1. The van der Waals surface area contributed by atoms with Gasteiger partial charge in [0.1, 0.15) is 0 Å². The summed E-state index contributed by atoms with van der Waals surface area (Å²) < 4.78 is 28.6. The van der Waals surface area contributed by atoms with Gasteiger partial charge >= 0.3 is 0 Å². The Morgan fingerprint density at radius 3 is 2.57 bits per heavy atom. The number of likely N-dealkylation sites (tertiary alicyclic amines) is 1. The van der Waals surface area contributed by atoms with Crippen LogP contribution in [0.1, 0.15) is 37.3 Å². The number of aryl methyl sites for hydroxylation is 2. The van der Waals surface area contributed by atoms with Crippen molar-refractivity contribution in [3.05, 3.63) is 29.3 Å². The van der Waals surface area contributed by atoms with Crippen LogP contribution in [0.2, 0.25) is 0 Å². The number of carbonyl (C=O) groups is 1. The second-order valence-electron chi connectivity index (χ2n) is 8.41. The molecule has 1 aromatic rings. The summed E-state index contributed by atoms with van der Waals surface area (Å²) in [5.74, 6) is 0.0376. The number of likely N-dealkylation sites (N-methyl/N-ethyl adjacent to an activating group) is 1. The Labute approximate surface area is 181 Å². The van der Waals surface area contributed by atoms with E-state index in [9.17, 15) is 13.2 Å². The van der Waals surface area contributed by atoms with E-state index in [1.54, 1.807) is 16.4 Å². The minimum Gasteiger partial charge on any atom is -0.340 e. The first kappa shape index (κ1) is 23.2. The van der Waals surface area contributed by atoms with Crippen molar-refractivity contribution in [2.45, 2.75) is 51.0 Å². The van der Waals surface area contributed by atoms with Crippen LogP contribution in [0.3, 0.4) is 0 Å². The lowest BCUT2D eigenvalue weighted by molar-refractivity contribution is -0.131. The molecule has 2 heterocycles. The van der Waals surface area contributed by atoms with Gasteiger partial charge in [-0.1, -0.05) is 13.0 Å². The number of benzene rings is 1. The van der Waals surface area contributed by atoms with Gasteiger partial charge in [0, 0.05) is 51.7 Å². The minimum atomic E-state index is -3.66. The molecule has 3 rings (SSSR count). The van der Waals surface area contributed by atoms with Crippen molar-refractivity contribution in [2.75, 3.05) is 52.4 Å². The lowest BCUT2D eigenvalue weighted by Gasteiger charge is -2.31. The van der Waals surface area contributed by atoms with Gasteiger partial charge in [-0.15, -0.1) is 0 Å². The van der Waals surface area contributed by atoms with E-state index in [0.29, 0.717) is 24.5 Å². The molecule has 0 saturated carbocycles. The van der Waals surface area contributed by atoms with Gasteiger partial charge in [0.25, 0.3) is 0 Å². The zero-order valence-corrected chi connectivity index (χ0v) is 19.4. The third-order valence-electron chi connectivity index (χ3n) is 6.48. The van der Waals surface area contributed by atoms with Crippen LogP contribution in [0.5, 0.6) is 0 Å². The number of carbonyl (C=O) groups excluding carboxylic acids is 1. The van der Waals surface area contributed by atoms with E-state index >= 15 is 0 Å². The first-order valence-corrected chi connectivity index (χ1v) is 12.6. The van der Waals surface area contributed by atoms with Crippen LogP contribution < -0.4 is 5.32 Å². The van der Waals surface area contributed by atoms with Gasteiger partial charge in [-0.3, -0.25) is 9.69 Å². The molecule has 168 valence electrons. The number of hydrogen-bond donors (Lipinski definition) is 1. The van der Waals surface area contributed by atoms with Crippen LogP contribution >= 0.6 is 0 Å². The predicted molar refractivity (Wildman–Crippen MR) is 119 cm³/mol. The van der Waals surface area contributed by atoms with Crippen LogP contribution in [-0.4, -0.2) is 86.8 Å². The first-order chi connectivity index (χ1) is 14.3. The number of piperazine rings is 1. The summed E-state index contributed by atoms with van der Waals surface area (Å²) in [4.78, 5) is 17.2. The standard InChI is InChI=1S/C22H36N4O3S/c1-4-24-12-5-6-20(24)17-26(13-9-22(27)25-14-10-23-11-15-25)30(28,29)21-8-7-18(2)19(3)16-21/h7-8,16,20,23H,4-6,9-15,17H2,1-3H3/t20-/m0/s1. The van der Waals surface area contributed by atoms with Gasteiger partial charge in [-0.2, -0.15) is 4.31 Å². The summed E-state index contributed by atoms with van der Waals surface area (Å²) >= 11 is 0. The van der Waals surface area contributed by atoms with E-state index in [1.807, 2.05) is 24.8 Å². The van der Waals surface area contributed by atoms with Gasteiger partial charge in [0.2, 0.25) is 15.9 Å². The van der Waals surface area contributed by atoms with Crippen LogP contribution in [0.25, 0.3) is 0 Å². The van der Waals surface area contributed by atoms with Crippen molar-refractivity contribution in [2.24, 2.45) is 0 Å². The summed E-state index contributed by atoms with van der Waals surface area (Å²) in [5, 5.41) is 3.24. The van der Waals surface area contributed by atoms with E-state index in [-0.39, 0.29) is 24.9 Å². The SMILES string of the molecule is CCN1CCC[C@H]1CN(CCC(=O)N1CCNCC1)S(=O)(=O)c1ccc(C)c(C)c1. The van der Waals surface area contributed by atoms with Crippen molar-refractivity contribution >= 4 is 15.9 Å². The van der Waals surface area contributed by atoms with Crippen LogP contribution in [0, 0.1) is 13.8 Å². The van der Waals surface area contributed by atoms with Crippen LogP contribution in [-0.2, 0) is 14.8 Å². The fourth-order valence-electron chi connectivity index (χ4n) is 4.38. The van der Waals surface area contributed by atoms with Gasteiger partial charge in [-0.25, -0.2) is 8.42 Å². The lowest BCUT2D eigenvalue weighted by atomic mass is 10.1. The van der Waals surface area contributed by atoms with Crippen LogP contribution in [0.15, 0.2) is 23.1 Å². The molecule has 0 spiro atoms. The number of rotatable bonds is 8. The van der Waals surface area contributed by atoms with E-state index in [0.717, 1.165) is 50.1 Å². The summed E-state index contributed by atoms with van der Waals surface area (Å²) in [6, 6.07) is 5.52. The van der Waals surface area contributed by atoms with E-state index < -0.39 is 10.0 Å². The van der Waals surface area contributed by atoms with Crippen molar-refractivity contribution in [1.82, 2.24) is 19.4 Å². The molecule has 1 aromatic carbocycles. The highest BCUT2D eigenvalue weighted by Gasteiger charge is 2.32. The Bertz CT molecular complexity index is 837. The van der Waals surface area contributed by atoms with Crippen molar-refractivity contribution in [3.8, 4) is 0 Å².